The van der Waals surface area contributed by atoms with E-state index in [4.69, 9.17) is 14.6 Å². The van der Waals surface area contributed by atoms with E-state index in [1.165, 1.54) is 0 Å². The first-order valence-corrected chi connectivity index (χ1v) is 4.43. The fraction of sp³-hybridized carbons (Fsp3) is 0.778. The second kappa shape index (κ2) is 9.51. The minimum atomic E-state index is 0.0667. The summed E-state index contributed by atoms with van der Waals surface area (Å²) in [6.07, 6.45) is 0. The van der Waals surface area contributed by atoms with E-state index in [0.29, 0.717) is 26.4 Å². The molecule has 0 rings (SSSR count). The molecule has 0 fully saturated rings. The zero-order valence-electron chi connectivity index (χ0n) is 8.21. The van der Waals surface area contributed by atoms with Crippen LogP contribution in [0.25, 0.3) is 0 Å². The summed E-state index contributed by atoms with van der Waals surface area (Å²) in [7, 11) is 0. The van der Waals surface area contributed by atoms with Gasteiger partial charge < -0.3 is 19.9 Å². The van der Waals surface area contributed by atoms with Gasteiger partial charge in [0.2, 0.25) is 0 Å². The second-order valence-corrected chi connectivity index (χ2v) is 2.66. The van der Waals surface area contributed by atoms with Gasteiger partial charge in [0, 0.05) is 12.2 Å². The van der Waals surface area contributed by atoms with E-state index in [1.807, 2.05) is 6.92 Å². The maximum atomic E-state index is 8.38. The van der Waals surface area contributed by atoms with Gasteiger partial charge in [0.25, 0.3) is 0 Å². The average Bonchev–Trinajstić information content (AvgIpc) is 2.09. The van der Waals surface area contributed by atoms with Crippen LogP contribution in [0.1, 0.15) is 6.92 Å². The molecule has 0 radical (unpaired) electrons. The van der Waals surface area contributed by atoms with Gasteiger partial charge in [-0.25, -0.2) is 0 Å². The maximum absolute atomic E-state index is 8.38. The third kappa shape index (κ3) is 11.4. The Balaban J connectivity index is 2.87. The summed E-state index contributed by atoms with van der Waals surface area (Å²) in [4.78, 5) is 0. The van der Waals surface area contributed by atoms with Crippen molar-refractivity contribution < 1.29 is 14.6 Å². The second-order valence-electron chi connectivity index (χ2n) is 2.66. The first-order chi connectivity index (χ1) is 6.27. The molecule has 0 saturated carbocycles. The third-order valence-corrected chi connectivity index (χ3v) is 1.28. The van der Waals surface area contributed by atoms with Crippen LogP contribution in [-0.2, 0) is 9.47 Å². The van der Waals surface area contributed by atoms with Gasteiger partial charge in [0.15, 0.2) is 0 Å². The lowest BCUT2D eigenvalue weighted by Gasteiger charge is -2.06. The number of hydrogen-bond donors (Lipinski definition) is 2. The van der Waals surface area contributed by atoms with Crippen molar-refractivity contribution in [1.29, 1.82) is 0 Å². The fourth-order valence-electron chi connectivity index (χ4n) is 0.723. The Bertz CT molecular complexity index is 128. The van der Waals surface area contributed by atoms with Crippen LogP contribution in [0.4, 0.5) is 0 Å². The first-order valence-electron chi connectivity index (χ1n) is 4.43. The molecule has 0 aliphatic carbocycles. The first kappa shape index (κ1) is 12.4. The molecule has 2 N–H and O–H groups in total. The van der Waals surface area contributed by atoms with Gasteiger partial charge in [-0.1, -0.05) is 6.58 Å². The normalized spacial score (nSPS) is 10.0. The van der Waals surface area contributed by atoms with Crippen LogP contribution in [0.3, 0.4) is 0 Å². The van der Waals surface area contributed by atoms with Crippen molar-refractivity contribution in [3.05, 3.63) is 12.3 Å². The molecule has 0 aromatic heterocycles. The van der Waals surface area contributed by atoms with Crippen LogP contribution >= 0.6 is 0 Å². The van der Waals surface area contributed by atoms with Gasteiger partial charge >= 0.3 is 0 Å². The lowest BCUT2D eigenvalue weighted by atomic mass is 10.5. The molecule has 0 bridgehead atoms. The van der Waals surface area contributed by atoms with Crippen LogP contribution in [0.15, 0.2) is 12.3 Å². The van der Waals surface area contributed by atoms with Crippen LogP contribution in [0.2, 0.25) is 0 Å². The zero-order chi connectivity index (χ0) is 9.94. The van der Waals surface area contributed by atoms with E-state index in [0.717, 1.165) is 12.2 Å². The molecule has 4 heteroatoms. The molecule has 0 heterocycles. The average molecular weight is 189 g/mol. The van der Waals surface area contributed by atoms with Crippen LogP contribution in [-0.4, -0.2) is 44.7 Å². The largest absolute Gasteiger partial charge is 0.394 e. The van der Waals surface area contributed by atoms with Gasteiger partial charge in [-0.3, -0.25) is 0 Å². The Morgan fingerprint density at radius 2 is 1.85 bits per heavy atom. The van der Waals surface area contributed by atoms with Crippen molar-refractivity contribution in [2.24, 2.45) is 0 Å². The number of aliphatic hydroxyl groups excluding tert-OH is 1. The summed E-state index contributed by atoms with van der Waals surface area (Å²) in [5, 5.41) is 11.4. The number of hydrogen-bond acceptors (Lipinski definition) is 4. The molecular formula is C9H19NO3. The van der Waals surface area contributed by atoms with Crippen molar-refractivity contribution in [1.82, 2.24) is 5.32 Å². The van der Waals surface area contributed by atoms with Gasteiger partial charge in [0.1, 0.15) is 0 Å². The summed E-state index contributed by atoms with van der Waals surface area (Å²) in [6, 6.07) is 0. The maximum Gasteiger partial charge on any atom is 0.0701 e. The molecule has 0 spiro atoms. The van der Waals surface area contributed by atoms with Crippen molar-refractivity contribution in [2.45, 2.75) is 6.92 Å². The van der Waals surface area contributed by atoms with Crippen LogP contribution in [0, 0.1) is 0 Å². The van der Waals surface area contributed by atoms with Gasteiger partial charge in [0.05, 0.1) is 33.0 Å². The molecule has 0 aliphatic rings. The van der Waals surface area contributed by atoms with Crippen molar-refractivity contribution >= 4 is 0 Å². The SMILES string of the molecule is C=C(C)NCCOCCOCCO. The Morgan fingerprint density at radius 1 is 1.23 bits per heavy atom. The van der Waals surface area contributed by atoms with E-state index in [-0.39, 0.29) is 6.61 Å². The Labute approximate surface area is 79.5 Å². The van der Waals surface area contributed by atoms with E-state index in [2.05, 4.69) is 11.9 Å². The topological polar surface area (TPSA) is 50.7 Å². The lowest BCUT2D eigenvalue weighted by Crippen LogP contribution is -2.18. The van der Waals surface area contributed by atoms with Gasteiger partial charge in [-0.2, -0.15) is 0 Å². The number of nitrogens with one attached hydrogen (secondary N) is 1. The minimum absolute atomic E-state index is 0.0667. The van der Waals surface area contributed by atoms with E-state index >= 15 is 0 Å². The molecule has 4 nitrogen and oxygen atoms in total. The van der Waals surface area contributed by atoms with Crippen molar-refractivity contribution in [3.8, 4) is 0 Å². The highest BCUT2D eigenvalue weighted by Crippen LogP contribution is 1.80. The summed E-state index contributed by atoms with van der Waals surface area (Å²) in [5.74, 6) is 0. The number of allylic oxidation sites excluding steroid dienone is 1. The minimum Gasteiger partial charge on any atom is -0.394 e. The summed E-state index contributed by atoms with van der Waals surface area (Å²) >= 11 is 0. The molecule has 0 unspecified atom stereocenters. The lowest BCUT2D eigenvalue weighted by molar-refractivity contribution is 0.0344. The highest BCUT2D eigenvalue weighted by molar-refractivity contribution is 4.83. The monoisotopic (exact) mass is 189 g/mol. The van der Waals surface area contributed by atoms with E-state index in [1.54, 1.807) is 0 Å². The Kier molecular flexibility index (Phi) is 9.08. The molecule has 0 aromatic rings. The molecule has 0 amide bonds. The summed E-state index contributed by atoms with van der Waals surface area (Å²) in [6.45, 7) is 8.57. The number of ether oxygens (including phenoxy) is 2. The quantitative estimate of drug-likeness (QED) is 0.506. The zero-order valence-corrected chi connectivity index (χ0v) is 8.21. The molecule has 13 heavy (non-hydrogen) atoms. The predicted octanol–water partition coefficient (Wildman–Crippen LogP) is 0.135. The van der Waals surface area contributed by atoms with Crippen molar-refractivity contribution in [2.75, 3.05) is 39.6 Å². The highest BCUT2D eigenvalue weighted by atomic mass is 16.5. The van der Waals surface area contributed by atoms with Gasteiger partial charge in [-0.15, -0.1) is 0 Å². The van der Waals surface area contributed by atoms with E-state index < -0.39 is 0 Å². The molecular weight excluding hydrogens is 170 g/mol. The summed E-state index contributed by atoms with van der Waals surface area (Å²) in [5.41, 5.74) is 0.945. The molecule has 0 aliphatic heterocycles. The van der Waals surface area contributed by atoms with E-state index in [9.17, 15) is 0 Å². The summed E-state index contributed by atoms with van der Waals surface area (Å²) < 4.78 is 10.2. The smallest absolute Gasteiger partial charge is 0.0701 e. The van der Waals surface area contributed by atoms with Gasteiger partial charge in [-0.05, 0) is 6.92 Å². The molecule has 0 saturated heterocycles. The van der Waals surface area contributed by atoms with Crippen molar-refractivity contribution in [3.63, 3.8) is 0 Å². The standard InChI is InChI=1S/C9H19NO3/c1-9(2)10-3-5-12-7-8-13-6-4-11/h10-11H,1,3-8H2,2H3. The fourth-order valence-corrected chi connectivity index (χ4v) is 0.723. The molecule has 78 valence electrons. The molecule has 0 aromatic carbocycles. The molecule has 0 atom stereocenters. The van der Waals surface area contributed by atoms with Crippen LogP contribution < -0.4 is 5.32 Å². The Morgan fingerprint density at radius 3 is 2.38 bits per heavy atom. The third-order valence-electron chi connectivity index (χ3n) is 1.28. The highest BCUT2D eigenvalue weighted by Gasteiger charge is 1.89. The predicted molar refractivity (Wildman–Crippen MR) is 51.5 cm³/mol. The number of rotatable bonds is 9. The number of aliphatic hydroxyl groups is 1. The Hall–Kier alpha value is -0.580. The van der Waals surface area contributed by atoms with Crippen LogP contribution in [0.5, 0.6) is 0 Å².